The summed E-state index contributed by atoms with van der Waals surface area (Å²) in [7, 11) is 0. The smallest absolute Gasteiger partial charge is 0.244 e. The third-order valence-electron chi connectivity index (χ3n) is 8.30. The molecule has 1 amide bonds. The number of aromatic hydroxyl groups is 1. The summed E-state index contributed by atoms with van der Waals surface area (Å²) in [4.78, 5) is 16.8. The largest absolute Gasteiger partial charge is 0.508 e. The second-order valence-electron chi connectivity index (χ2n) is 13.1. The maximum absolute atomic E-state index is 14.4. The van der Waals surface area contributed by atoms with Crippen LogP contribution in [0.1, 0.15) is 82.2 Å². The first kappa shape index (κ1) is 27.3. The quantitative estimate of drug-likeness (QED) is 0.373. The highest BCUT2D eigenvalue weighted by Gasteiger charge is 2.53. The Kier molecular flexibility index (Phi) is 7.00. The molecule has 0 radical (unpaired) electrons. The van der Waals surface area contributed by atoms with Gasteiger partial charge in [0, 0.05) is 28.9 Å². The minimum atomic E-state index is -1.27. The van der Waals surface area contributed by atoms with E-state index in [0.29, 0.717) is 17.9 Å². The van der Waals surface area contributed by atoms with Crippen LogP contribution in [-0.4, -0.2) is 42.2 Å². The molecule has 1 fully saturated rings. The number of para-hydroxylation sites is 1. The zero-order chi connectivity index (χ0) is 28.0. The van der Waals surface area contributed by atoms with Crippen LogP contribution >= 0.6 is 0 Å². The molecule has 2 aliphatic rings. The summed E-state index contributed by atoms with van der Waals surface area (Å²) in [5, 5.41) is 14.6. The molecular weight excluding hydrogens is 484 g/mol. The van der Waals surface area contributed by atoms with Gasteiger partial charge in [0.15, 0.2) is 0 Å². The molecule has 1 saturated heterocycles. The molecule has 3 aromatic rings. The Hall–Kier alpha value is -3.31. The highest BCUT2D eigenvalue weighted by molar-refractivity contribution is 6.12. The maximum atomic E-state index is 14.4. The predicted molar refractivity (Wildman–Crippen MR) is 158 cm³/mol. The van der Waals surface area contributed by atoms with Crippen LogP contribution in [0.5, 0.6) is 11.5 Å². The maximum Gasteiger partial charge on any atom is 0.244 e. The summed E-state index contributed by atoms with van der Waals surface area (Å²) < 4.78 is 6.52. The molecule has 1 unspecified atom stereocenters. The fraction of sp³-hybridized carbons (Fsp3) is 0.441. The fourth-order valence-electron chi connectivity index (χ4n) is 5.95. The predicted octanol–water partition coefficient (Wildman–Crippen LogP) is 6.75. The van der Waals surface area contributed by atoms with E-state index in [1.807, 2.05) is 42.5 Å². The van der Waals surface area contributed by atoms with Crippen molar-refractivity contribution >= 4 is 11.6 Å². The monoisotopic (exact) mass is 526 g/mol. The van der Waals surface area contributed by atoms with Gasteiger partial charge < -0.3 is 15.2 Å². The summed E-state index contributed by atoms with van der Waals surface area (Å²) in [6.07, 6.45) is 2.46. The number of phenolic OH excluding ortho intramolecular Hbond substituents is 1. The highest BCUT2D eigenvalue weighted by atomic mass is 16.5. The Bertz CT molecular complexity index is 1380. The fourth-order valence-corrected chi connectivity index (χ4v) is 5.95. The molecule has 206 valence electrons. The highest BCUT2D eigenvalue weighted by Crippen LogP contribution is 2.53. The van der Waals surface area contributed by atoms with E-state index in [4.69, 9.17) is 4.74 Å². The molecule has 5 heteroatoms. The lowest BCUT2D eigenvalue weighted by molar-refractivity contribution is -0.118. The van der Waals surface area contributed by atoms with Crippen LogP contribution in [0.15, 0.2) is 60.7 Å². The van der Waals surface area contributed by atoms with Crippen molar-refractivity contribution in [2.75, 3.05) is 31.6 Å². The van der Waals surface area contributed by atoms with Crippen molar-refractivity contribution in [3.05, 3.63) is 88.5 Å². The molecule has 0 bridgehead atoms. The van der Waals surface area contributed by atoms with Crippen molar-refractivity contribution in [1.82, 2.24) is 4.90 Å². The van der Waals surface area contributed by atoms with E-state index in [1.165, 1.54) is 12.8 Å². The number of nitrogens with zero attached hydrogens (tertiary/aromatic N) is 1. The molecule has 39 heavy (non-hydrogen) atoms. The van der Waals surface area contributed by atoms with E-state index in [2.05, 4.69) is 63.9 Å². The van der Waals surface area contributed by atoms with Gasteiger partial charge in [-0.2, -0.15) is 0 Å². The zero-order valence-electron chi connectivity index (χ0n) is 24.2. The first-order valence-corrected chi connectivity index (χ1v) is 14.2. The number of hydrogen-bond acceptors (Lipinski definition) is 4. The third-order valence-corrected chi connectivity index (χ3v) is 8.30. The Balaban J connectivity index is 1.76. The van der Waals surface area contributed by atoms with Gasteiger partial charge >= 0.3 is 0 Å². The lowest BCUT2D eigenvalue weighted by Crippen LogP contribution is -2.38. The summed E-state index contributed by atoms with van der Waals surface area (Å²) in [6, 6.07) is 19.7. The number of benzene rings is 3. The van der Waals surface area contributed by atoms with Crippen molar-refractivity contribution in [3.63, 3.8) is 0 Å². The van der Waals surface area contributed by atoms with E-state index in [1.54, 1.807) is 6.07 Å². The van der Waals surface area contributed by atoms with Gasteiger partial charge in [0.05, 0.1) is 0 Å². The number of fused-ring (bicyclic) bond motifs is 1. The molecule has 0 spiro atoms. The number of carbonyl (C=O) groups is 1. The van der Waals surface area contributed by atoms with Crippen molar-refractivity contribution in [3.8, 4) is 11.5 Å². The molecular formula is C34H42N2O3. The van der Waals surface area contributed by atoms with Gasteiger partial charge in [-0.15, -0.1) is 0 Å². The number of hydrogen-bond donors (Lipinski definition) is 2. The normalized spacial score (nSPS) is 19.7. The Morgan fingerprint density at radius 3 is 2.13 bits per heavy atom. The van der Waals surface area contributed by atoms with Gasteiger partial charge in [-0.25, -0.2) is 0 Å². The van der Waals surface area contributed by atoms with Crippen LogP contribution in [0.2, 0.25) is 0 Å². The van der Waals surface area contributed by atoms with Crippen LogP contribution in [0.25, 0.3) is 0 Å². The van der Waals surface area contributed by atoms with Gasteiger partial charge in [-0.3, -0.25) is 9.69 Å². The van der Waals surface area contributed by atoms with Gasteiger partial charge in [-0.05, 0) is 78.2 Å². The number of rotatable bonds is 6. The van der Waals surface area contributed by atoms with E-state index in [0.717, 1.165) is 47.6 Å². The van der Waals surface area contributed by atoms with E-state index in [-0.39, 0.29) is 22.5 Å². The minimum absolute atomic E-state index is 0.0963. The molecule has 2 heterocycles. The number of anilines is 1. The molecule has 5 rings (SSSR count). The molecule has 1 atom stereocenters. The summed E-state index contributed by atoms with van der Waals surface area (Å²) in [5.74, 6) is 0.592. The number of likely N-dealkylation sites (tertiary alicyclic amines) is 1. The van der Waals surface area contributed by atoms with Crippen LogP contribution in [0, 0.1) is 0 Å². The van der Waals surface area contributed by atoms with Crippen molar-refractivity contribution < 1.29 is 14.6 Å². The van der Waals surface area contributed by atoms with Gasteiger partial charge in [0.1, 0.15) is 23.5 Å². The van der Waals surface area contributed by atoms with E-state index in [9.17, 15) is 9.90 Å². The molecule has 5 nitrogen and oxygen atoms in total. The SMILES string of the molecule is CC(C)(C)c1ccc(O)c(C2(c3cc(C(C)(C)C)ccc3OCCN3CCCC3)C(=O)Nc3ccccc32)c1. The Morgan fingerprint density at radius 2 is 1.46 bits per heavy atom. The first-order valence-electron chi connectivity index (χ1n) is 14.2. The van der Waals surface area contributed by atoms with E-state index < -0.39 is 5.41 Å². The molecule has 3 aromatic carbocycles. The lowest BCUT2D eigenvalue weighted by atomic mass is 9.67. The third kappa shape index (κ3) is 4.93. The summed E-state index contributed by atoms with van der Waals surface area (Å²) in [6.45, 7) is 16.5. The number of ether oxygens (including phenoxy) is 1. The average molecular weight is 527 g/mol. The molecule has 0 aromatic heterocycles. The van der Waals surface area contributed by atoms with Crippen LogP contribution < -0.4 is 10.1 Å². The second kappa shape index (κ2) is 10.0. The number of phenols is 1. The van der Waals surface area contributed by atoms with Crippen molar-refractivity contribution in [2.24, 2.45) is 0 Å². The first-order chi connectivity index (χ1) is 18.4. The average Bonchev–Trinajstić information content (AvgIpc) is 3.49. The summed E-state index contributed by atoms with van der Waals surface area (Å²) in [5.41, 5.74) is 3.50. The Morgan fingerprint density at radius 1 is 0.846 bits per heavy atom. The van der Waals surface area contributed by atoms with Crippen molar-refractivity contribution in [1.29, 1.82) is 0 Å². The number of carbonyl (C=O) groups excluding carboxylic acids is 1. The molecule has 0 saturated carbocycles. The van der Waals surface area contributed by atoms with Crippen LogP contribution in [-0.2, 0) is 21.0 Å². The molecule has 2 N–H and O–H groups in total. The van der Waals surface area contributed by atoms with Gasteiger partial charge in [0.25, 0.3) is 0 Å². The topological polar surface area (TPSA) is 61.8 Å². The summed E-state index contributed by atoms with van der Waals surface area (Å²) >= 11 is 0. The zero-order valence-corrected chi connectivity index (χ0v) is 24.2. The Labute approximate surface area is 233 Å². The van der Waals surface area contributed by atoms with E-state index >= 15 is 0 Å². The van der Waals surface area contributed by atoms with Crippen LogP contribution in [0.3, 0.4) is 0 Å². The number of nitrogens with one attached hydrogen (secondary N) is 1. The minimum Gasteiger partial charge on any atom is -0.508 e. The van der Waals surface area contributed by atoms with Gasteiger partial charge in [-0.1, -0.05) is 71.9 Å². The standard InChI is InChI=1S/C34H42N2O3/c1-32(2,3)23-13-15-29(37)26(21-23)34(25-11-7-8-12-28(25)35-31(34)38)27-22-24(33(4,5)6)14-16-30(27)39-20-19-36-17-9-10-18-36/h7-8,11-16,21-22,37H,9-10,17-20H2,1-6H3,(H,35,38). The molecule has 2 aliphatic heterocycles. The lowest BCUT2D eigenvalue weighted by Gasteiger charge is -2.34. The van der Waals surface area contributed by atoms with Crippen molar-refractivity contribution in [2.45, 2.75) is 70.6 Å². The van der Waals surface area contributed by atoms with Gasteiger partial charge in [0.2, 0.25) is 5.91 Å². The molecule has 0 aliphatic carbocycles. The number of amides is 1. The second-order valence-corrected chi connectivity index (χ2v) is 13.1. The van der Waals surface area contributed by atoms with Crippen LogP contribution in [0.4, 0.5) is 5.69 Å².